The molecule has 0 aromatic heterocycles. The molecule has 116 valence electrons. The molecular weight excluding hydrogens is 278 g/mol. The third kappa shape index (κ3) is 2.10. The lowest BCUT2D eigenvalue weighted by atomic mass is 9.83. The van der Waals surface area contributed by atoms with Crippen molar-refractivity contribution < 1.29 is 0 Å². The maximum Gasteiger partial charge on any atom is 0.0284 e. The summed E-state index contributed by atoms with van der Waals surface area (Å²) >= 11 is 0. The van der Waals surface area contributed by atoms with Crippen LogP contribution < -0.4 is 0 Å². The molecule has 2 atom stereocenters. The van der Waals surface area contributed by atoms with Crippen molar-refractivity contribution in [2.75, 3.05) is 7.05 Å². The summed E-state index contributed by atoms with van der Waals surface area (Å²) < 4.78 is 0. The van der Waals surface area contributed by atoms with E-state index in [0.29, 0.717) is 6.04 Å². The van der Waals surface area contributed by atoms with Gasteiger partial charge in [-0.2, -0.15) is 0 Å². The molecule has 2 aliphatic heterocycles. The highest BCUT2D eigenvalue weighted by molar-refractivity contribution is 5.80. The van der Waals surface area contributed by atoms with Crippen molar-refractivity contribution in [2.24, 2.45) is 0 Å². The Balaban J connectivity index is 1.53. The standard InChI is InChI=1S/C22H23N/c1-23-19-6-4-7-20(23)14-17(13-19)15-9-10-22-18(11-15)12-16-5-2-3-8-21(16)22/h2-3,5,8-11,13,19-20H,4,6-7,12,14H2,1H3. The molecule has 2 aromatic carbocycles. The Bertz CT molecular complexity index is 801. The predicted octanol–water partition coefficient (Wildman–Crippen LogP) is 4.90. The zero-order chi connectivity index (χ0) is 15.4. The minimum absolute atomic E-state index is 0.656. The Hall–Kier alpha value is -1.86. The minimum atomic E-state index is 0.656. The van der Waals surface area contributed by atoms with Gasteiger partial charge in [0, 0.05) is 12.1 Å². The maximum absolute atomic E-state index is 2.59. The first-order valence-electron chi connectivity index (χ1n) is 8.94. The van der Waals surface area contributed by atoms with Crippen molar-refractivity contribution >= 4 is 5.57 Å². The third-order valence-corrected chi connectivity index (χ3v) is 6.15. The monoisotopic (exact) mass is 301 g/mol. The second-order valence-electron chi connectivity index (χ2n) is 7.42. The molecule has 1 heteroatoms. The van der Waals surface area contributed by atoms with Crippen molar-refractivity contribution in [2.45, 2.75) is 44.2 Å². The van der Waals surface area contributed by atoms with E-state index in [-0.39, 0.29) is 0 Å². The molecule has 2 bridgehead atoms. The van der Waals surface area contributed by atoms with Gasteiger partial charge in [-0.25, -0.2) is 0 Å². The summed E-state index contributed by atoms with van der Waals surface area (Å²) in [5.41, 5.74) is 8.90. The van der Waals surface area contributed by atoms with Gasteiger partial charge in [0.15, 0.2) is 0 Å². The van der Waals surface area contributed by atoms with Gasteiger partial charge >= 0.3 is 0 Å². The number of nitrogens with zero attached hydrogens (tertiary/aromatic N) is 1. The second-order valence-corrected chi connectivity index (χ2v) is 7.42. The number of hydrogen-bond donors (Lipinski definition) is 0. The maximum atomic E-state index is 2.59. The van der Waals surface area contributed by atoms with Gasteiger partial charge in [0.05, 0.1) is 0 Å². The summed E-state index contributed by atoms with van der Waals surface area (Å²) in [5, 5.41) is 0. The predicted molar refractivity (Wildman–Crippen MR) is 96.5 cm³/mol. The first-order valence-corrected chi connectivity index (χ1v) is 8.94. The van der Waals surface area contributed by atoms with Crippen LogP contribution in [0.2, 0.25) is 0 Å². The van der Waals surface area contributed by atoms with Crippen LogP contribution in [0.25, 0.3) is 16.7 Å². The Morgan fingerprint density at radius 1 is 0.957 bits per heavy atom. The summed E-state index contributed by atoms with van der Waals surface area (Å²) in [6.07, 6.45) is 8.94. The molecular formula is C22H23N. The van der Waals surface area contributed by atoms with Gasteiger partial charge in [-0.3, -0.25) is 4.90 Å². The molecule has 1 aliphatic carbocycles. The molecule has 1 fully saturated rings. The number of fused-ring (bicyclic) bond motifs is 5. The van der Waals surface area contributed by atoms with Gasteiger partial charge in [-0.15, -0.1) is 0 Å². The molecule has 0 radical (unpaired) electrons. The lowest BCUT2D eigenvalue weighted by Gasteiger charge is -2.43. The first kappa shape index (κ1) is 13.6. The van der Waals surface area contributed by atoms with Crippen LogP contribution in [-0.2, 0) is 6.42 Å². The molecule has 1 nitrogen and oxygen atoms in total. The van der Waals surface area contributed by atoms with Gasteiger partial charge in [-0.05, 0) is 66.1 Å². The van der Waals surface area contributed by atoms with E-state index >= 15 is 0 Å². The summed E-state index contributed by atoms with van der Waals surface area (Å²) in [7, 11) is 2.31. The van der Waals surface area contributed by atoms with Crippen LogP contribution in [0.15, 0.2) is 48.5 Å². The molecule has 1 saturated heterocycles. The summed E-state index contributed by atoms with van der Waals surface area (Å²) in [4.78, 5) is 2.59. The Kier molecular flexibility index (Phi) is 2.99. The lowest BCUT2D eigenvalue weighted by Crippen LogP contribution is -2.45. The topological polar surface area (TPSA) is 3.24 Å². The normalized spacial score (nSPS) is 25.7. The summed E-state index contributed by atoms with van der Waals surface area (Å²) in [6, 6.07) is 17.4. The number of rotatable bonds is 1. The van der Waals surface area contributed by atoms with Crippen LogP contribution in [0, 0.1) is 0 Å². The smallest absolute Gasteiger partial charge is 0.0284 e. The Labute approximate surface area is 138 Å². The molecule has 23 heavy (non-hydrogen) atoms. The lowest BCUT2D eigenvalue weighted by molar-refractivity contribution is 0.137. The van der Waals surface area contributed by atoms with E-state index in [1.807, 2.05) is 0 Å². The summed E-state index contributed by atoms with van der Waals surface area (Å²) in [6.45, 7) is 0. The zero-order valence-electron chi connectivity index (χ0n) is 13.8. The van der Waals surface area contributed by atoms with Crippen LogP contribution in [0.3, 0.4) is 0 Å². The van der Waals surface area contributed by atoms with Crippen molar-refractivity contribution in [3.63, 3.8) is 0 Å². The second kappa shape index (κ2) is 5.07. The molecule has 2 heterocycles. The van der Waals surface area contributed by atoms with E-state index in [4.69, 9.17) is 0 Å². The number of likely N-dealkylation sites (N-methyl/N-ethyl adjacent to an activating group) is 1. The molecule has 0 amide bonds. The summed E-state index contributed by atoms with van der Waals surface area (Å²) in [5.74, 6) is 0. The van der Waals surface area contributed by atoms with E-state index in [2.05, 4.69) is 60.5 Å². The highest BCUT2D eigenvalue weighted by Crippen LogP contribution is 2.40. The van der Waals surface area contributed by atoms with Crippen molar-refractivity contribution in [3.05, 3.63) is 65.2 Å². The highest BCUT2D eigenvalue weighted by atomic mass is 15.2. The van der Waals surface area contributed by atoms with E-state index in [1.165, 1.54) is 53.5 Å². The number of hydrogen-bond acceptors (Lipinski definition) is 1. The van der Waals surface area contributed by atoms with Gasteiger partial charge in [-0.1, -0.05) is 55.0 Å². The van der Waals surface area contributed by atoms with E-state index in [1.54, 1.807) is 5.57 Å². The molecule has 0 saturated carbocycles. The SMILES string of the molecule is CN1C2C=C(c3ccc4c(c3)Cc3ccccc3-4)CC1CCC2. The Morgan fingerprint density at radius 2 is 1.83 bits per heavy atom. The van der Waals surface area contributed by atoms with Gasteiger partial charge < -0.3 is 0 Å². The van der Waals surface area contributed by atoms with E-state index in [0.717, 1.165) is 12.5 Å². The largest absolute Gasteiger partial charge is 0.297 e. The molecule has 0 N–H and O–H groups in total. The van der Waals surface area contributed by atoms with Crippen LogP contribution in [0.4, 0.5) is 0 Å². The molecule has 5 rings (SSSR count). The third-order valence-electron chi connectivity index (χ3n) is 6.15. The molecule has 2 aromatic rings. The molecule has 3 aliphatic rings. The van der Waals surface area contributed by atoms with Gasteiger partial charge in [0.2, 0.25) is 0 Å². The van der Waals surface area contributed by atoms with Gasteiger partial charge in [0.25, 0.3) is 0 Å². The number of benzene rings is 2. The number of piperidine rings is 1. The van der Waals surface area contributed by atoms with Gasteiger partial charge in [0.1, 0.15) is 0 Å². The minimum Gasteiger partial charge on any atom is -0.297 e. The average molecular weight is 301 g/mol. The Morgan fingerprint density at radius 3 is 2.74 bits per heavy atom. The fraction of sp³-hybridized carbons (Fsp3) is 0.364. The fourth-order valence-corrected chi connectivity index (χ4v) is 4.80. The first-order chi connectivity index (χ1) is 11.3. The molecule has 2 unspecified atom stereocenters. The van der Waals surface area contributed by atoms with E-state index < -0.39 is 0 Å². The van der Waals surface area contributed by atoms with Crippen LogP contribution >= 0.6 is 0 Å². The van der Waals surface area contributed by atoms with Crippen molar-refractivity contribution in [1.29, 1.82) is 0 Å². The van der Waals surface area contributed by atoms with E-state index in [9.17, 15) is 0 Å². The van der Waals surface area contributed by atoms with Crippen LogP contribution in [-0.4, -0.2) is 24.0 Å². The highest BCUT2D eigenvalue weighted by Gasteiger charge is 2.31. The van der Waals surface area contributed by atoms with Crippen molar-refractivity contribution in [1.82, 2.24) is 4.90 Å². The molecule has 0 spiro atoms. The fourth-order valence-electron chi connectivity index (χ4n) is 4.80. The van der Waals surface area contributed by atoms with Crippen LogP contribution in [0.5, 0.6) is 0 Å². The van der Waals surface area contributed by atoms with Crippen molar-refractivity contribution in [3.8, 4) is 11.1 Å². The zero-order valence-corrected chi connectivity index (χ0v) is 13.8. The average Bonchev–Trinajstić information content (AvgIpc) is 2.92. The quantitative estimate of drug-likeness (QED) is 0.618. The van der Waals surface area contributed by atoms with Crippen LogP contribution in [0.1, 0.15) is 42.4 Å².